The van der Waals surface area contributed by atoms with Gasteiger partial charge in [0.05, 0.1) is 13.1 Å². The smallest absolute Gasteiger partial charge is 0.410 e. The van der Waals surface area contributed by atoms with Crippen LogP contribution in [-0.4, -0.2) is 84.0 Å². The van der Waals surface area contributed by atoms with E-state index in [1.807, 2.05) is 6.08 Å². The van der Waals surface area contributed by atoms with Gasteiger partial charge in [0.2, 0.25) is 11.8 Å². The Morgan fingerprint density at radius 1 is 1.09 bits per heavy atom. The first-order valence-electron chi connectivity index (χ1n) is 18.5. The van der Waals surface area contributed by atoms with Crippen molar-refractivity contribution in [1.29, 1.82) is 0 Å². The molecular formula is C38H48FN5O9S2. The average Bonchev–Trinajstić information content (AvgIpc) is 3.39. The zero-order chi connectivity index (χ0) is 39.9. The molecule has 17 heteroatoms. The van der Waals surface area contributed by atoms with Crippen molar-refractivity contribution >= 4 is 51.3 Å². The highest BCUT2D eigenvalue weighted by atomic mass is 32.2. The second kappa shape index (κ2) is 15.6. The first-order chi connectivity index (χ1) is 25.9. The number of nitrogens with one attached hydrogen (secondary N) is 3. The standard InChI is InChI=1S/C38H48FN5O9S2/c1-22-16-31(54-23(22)2)55(50,51)42-34(47)38-18-25(38)13-9-7-6-8-10-15-29(40-35(48)53-37(3,4)5)33(46)44-20-26(17-30(44)32(45)41-38)52-36(49)43-19-24-12-11-14-28(39)27(24)21-43/h9,11-14,16,25-26,29-30H,6-8,10,15,17-21H2,1-5H3,(H,40,48)(H,41,45)(H,42,47)/b13-9-/t25-,26+,29-,30-,38+/m0/s1. The Hall–Kier alpha value is -4.51. The van der Waals surface area contributed by atoms with Crippen molar-refractivity contribution in [2.24, 2.45) is 5.92 Å². The second-order valence-electron chi connectivity index (χ2n) is 15.8. The van der Waals surface area contributed by atoms with Gasteiger partial charge < -0.3 is 25.0 Å². The highest BCUT2D eigenvalue weighted by molar-refractivity contribution is 7.92. The van der Waals surface area contributed by atoms with E-state index in [2.05, 4.69) is 15.4 Å². The van der Waals surface area contributed by atoms with Crippen LogP contribution in [0.25, 0.3) is 0 Å². The van der Waals surface area contributed by atoms with Gasteiger partial charge in [-0.25, -0.2) is 27.1 Å². The Morgan fingerprint density at radius 2 is 1.85 bits per heavy atom. The molecule has 1 aromatic heterocycles. The van der Waals surface area contributed by atoms with Gasteiger partial charge in [0.25, 0.3) is 15.9 Å². The molecular weight excluding hydrogens is 754 g/mol. The van der Waals surface area contributed by atoms with Crippen molar-refractivity contribution in [3.8, 4) is 0 Å². The van der Waals surface area contributed by atoms with Gasteiger partial charge in [-0.15, -0.1) is 11.3 Å². The molecule has 0 radical (unpaired) electrons. The molecule has 4 aliphatic rings. The van der Waals surface area contributed by atoms with E-state index in [0.717, 1.165) is 28.2 Å². The fourth-order valence-electron chi connectivity index (χ4n) is 7.28. The monoisotopic (exact) mass is 801 g/mol. The zero-order valence-corrected chi connectivity index (χ0v) is 33.2. The third kappa shape index (κ3) is 8.98. The number of carbonyl (C=O) groups excluding carboxylic acids is 5. The number of hydrogen-bond acceptors (Lipinski definition) is 10. The molecule has 0 bridgehead atoms. The van der Waals surface area contributed by atoms with Crippen LogP contribution in [-0.2, 0) is 47.0 Å². The van der Waals surface area contributed by atoms with Crippen molar-refractivity contribution in [3.63, 3.8) is 0 Å². The summed E-state index contributed by atoms with van der Waals surface area (Å²) < 4.78 is 54.6. The van der Waals surface area contributed by atoms with Gasteiger partial charge in [-0.05, 0) is 83.6 Å². The van der Waals surface area contributed by atoms with Crippen molar-refractivity contribution in [2.45, 2.75) is 126 Å². The number of fused-ring (bicyclic) bond motifs is 3. The predicted octanol–water partition coefficient (Wildman–Crippen LogP) is 4.72. The summed E-state index contributed by atoms with van der Waals surface area (Å²) in [4.78, 5) is 72.3. The Labute approximate surface area is 324 Å². The molecule has 298 valence electrons. The lowest BCUT2D eigenvalue weighted by Gasteiger charge is -2.30. The third-order valence-electron chi connectivity index (χ3n) is 10.4. The predicted molar refractivity (Wildman–Crippen MR) is 200 cm³/mol. The van der Waals surface area contributed by atoms with Crippen LogP contribution < -0.4 is 15.4 Å². The number of ether oxygens (including phenoxy) is 2. The van der Waals surface area contributed by atoms with Crippen molar-refractivity contribution < 1.29 is 46.3 Å². The van der Waals surface area contributed by atoms with Crippen LogP contribution in [0.5, 0.6) is 0 Å². The van der Waals surface area contributed by atoms with E-state index >= 15 is 0 Å². The number of aryl methyl sites for hydroxylation is 2. The van der Waals surface area contributed by atoms with Crippen molar-refractivity contribution in [3.05, 3.63) is 63.8 Å². The molecule has 1 aliphatic carbocycles. The Kier molecular flexibility index (Phi) is 11.4. The molecule has 14 nitrogen and oxygen atoms in total. The van der Waals surface area contributed by atoms with Crippen LogP contribution >= 0.6 is 11.3 Å². The SMILES string of the molecule is Cc1cc(S(=O)(=O)NC(=O)[C@@]23C[C@@H]2/C=C\CCCCC[C@H](NC(=O)OC(C)(C)C)C(=O)N2C[C@H](OC(=O)N4Cc5cccc(F)c5C4)C[C@H]2C(=O)N3)sc1C. The Morgan fingerprint density at radius 3 is 2.55 bits per heavy atom. The quantitative estimate of drug-likeness (QED) is 0.361. The Balaban J connectivity index is 1.27. The molecule has 1 saturated carbocycles. The molecule has 55 heavy (non-hydrogen) atoms. The first-order valence-corrected chi connectivity index (χ1v) is 20.8. The van der Waals surface area contributed by atoms with Crippen molar-refractivity contribution in [1.82, 2.24) is 25.2 Å². The van der Waals surface area contributed by atoms with E-state index in [1.54, 1.807) is 52.8 Å². The van der Waals surface area contributed by atoms with E-state index in [4.69, 9.17) is 9.47 Å². The molecule has 5 atom stereocenters. The maximum absolute atomic E-state index is 14.5. The van der Waals surface area contributed by atoms with Gasteiger partial charge in [-0.2, -0.15) is 0 Å². The molecule has 4 heterocycles. The van der Waals surface area contributed by atoms with Gasteiger partial charge in [0.1, 0.15) is 39.4 Å². The lowest BCUT2D eigenvalue weighted by molar-refractivity contribution is -0.141. The number of allylic oxidation sites excluding steroid dienone is 1. The van der Waals surface area contributed by atoms with Gasteiger partial charge in [-0.3, -0.25) is 19.3 Å². The number of rotatable bonds is 5. The average molecular weight is 802 g/mol. The summed E-state index contributed by atoms with van der Waals surface area (Å²) in [5.41, 5.74) is -0.702. The summed E-state index contributed by atoms with van der Waals surface area (Å²) >= 11 is 1.03. The number of sulfonamides is 1. The summed E-state index contributed by atoms with van der Waals surface area (Å²) in [6.07, 6.45) is 4.00. The fourth-order valence-corrected chi connectivity index (χ4v) is 9.83. The largest absolute Gasteiger partial charge is 0.444 e. The summed E-state index contributed by atoms with van der Waals surface area (Å²) in [7, 11) is -4.28. The summed E-state index contributed by atoms with van der Waals surface area (Å²) in [5, 5.41) is 5.46. The molecule has 0 unspecified atom stereocenters. The van der Waals surface area contributed by atoms with Crippen LogP contribution in [0, 0.1) is 25.6 Å². The molecule has 1 saturated heterocycles. The van der Waals surface area contributed by atoms with E-state index in [0.29, 0.717) is 30.4 Å². The van der Waals surface area contributed by atoms with Gasteiger partial charge in [0, 0.05) is 29.3 Å². The van der Waals surface area contributed by atoms with Gasteiger partial charge >= 0.3 is 12.2 Å². The van der Waals surface area contributed by atoms with E-state index in [9.17, 15) is 36.8 Å². The van der Waals surface area contributed by atoms with Crippen molar-refractivity contribution in [2.75, 3.05) is 6.54 Å². The topological polar surface area (TPSA) is 181 Å². The number of halogens is 1. The van der Waals surface area contributed by atoms with E-state index in [-0.39, 0.29) is 43.1 Å². The van der Waals surface area contributed by atoms with Crippen LogP contribution in [0.4, 0.5) is 14.0 Å². The molecule has 3 N–H and O–H groups in total. The number of hydrogen-bond donors (Lipinski definition) is 3. The molecule has 2 aromatic rings. The number of amides is 5. The number of alkyl carbamates (subject to hydrolysis) is 1. The van der Waals surface area contributed by atoms with Crippen LogP contribution in [0.3, 0.4) is 0 Å². The third-order valence-corrected chi connectivity index (χ3v) is 13.4. The van der Waals surface area contributed by atoms with E-state index < -0.39 is 81.0 Å². The van der Waals surface area contributed by atoms with Crippen LogP contribution in [0.15, 0.2) is 40.6 Å². The lowest BCUT2D eigenvalue weighted by atomic mass is 10.0. The highest BCUT2D eigenvalue weighted by Crippen LogP contribution is 2.46. The molecule has 2 fully saturated rings. The lowest BCUT2D eigenvalue weighted by Crippen LogP contribution is -2.58. The zero-order valence-electron chi connectivity index (χ0n) is 31.6. The molecule has 3 aliphatic heterocycles. The Bertz CT molecular complexity index is 1990. The molecule has 6 rings (SSSR count). The number of nitrogens with zero attached hydrogens (tertiary/aromatic N) is 2. The number of benzene rings is 1. The normalized spacial score (nSPS) is 26.4. The van der Waals surface area contributed by atoms with Crippen LogP contribution in [0.2, 0.25) is 0 Å². The molecule has 0 spiro atoms. The first kappa shape index (κ1) is 40.2. The van der Waals surface area contributed by atoms with Gasteiger partial charge in [0.15, 0.2) is 0 Å². The summed E-state index contributed by atoms with van der Waals surface area (Å²) in [6, 6.07) is 3.72. The minimum Gasteiger partial charge on any atom is -0.444 e. The van der Waals surface area contributed by atoms with E-state index in [1.165, 1.54) is 21.9 Å². The minimum atomic E-state index is -4.28. The summed E-state index contributed by atoms with van der Waals surface area (Å²) in [5.74, 6) is -3.23. The second-order valence-corrected chi connectivity index (χ2v) is 18.9. The van der Waals surface area contributed by atoms with Gasteiger partial charge in [-0.1, -0.05) is 37.1 Å². The summed E-state index contributed by atoms with van der Waals surface area (Å²) in [6.45, 7) is 8.51. The number of carbonyl (C=O) groups is 5. The molecule has 1 aromatic carbocycles. The minimum absolute atomic E-state index is 0.0118. The highest BCUT2D eigenvalue weighted by Gasteiger charge is 2.62. The van der Waals surface area contributed by atoms with Crippen LogP contribution in [0.1, 0.15) is 87.3 Å². The maximum Gasteiger partial charge on any atom is 0.410 e. The number of thiophene rings is 1. The fraction of sp³-hybridized carbons (Fsp3) is 0.553. The maximum atomic E-state index is 14.5. The molecule has 5 amide bonds.